The third kappa shape index (κ3) is 5.07. The van der Waals surface area contributed by atoms with Gasteiger partial charge >= 0.3 is 0 Å². The van der Waals surface area contributed by atoms with Gasteiger partial charge in [0.05, 0.1) is 0 Å². The minimum absolute atomic E-state index is 0.136. The van der Waals surface area contributed by atoms with Gasteiger partial charge in [-0.05, 0) is 60.2 Å². The zero-order valence-corrected chi connectivity index (χ0v) is 15.3. The normalized spacial score (nSPS) is 10.3. The maximum absolute atomic E-state index is 13.0. The summed E-state index contributed by atoms with van der Waals surface area (Å²) in [6.07, 6.45) is 0. The van der Waals surface area contributed by atoms with Gasteiger partial charge in [0.2, 0.25) is 0 Å². The molecule has 0 saturated carbocycles. The number of carbonyl (C=O) groups is 1. The molecule has 0 heterocycles. The number of benzene rings is 3. The maximum Gasteiger partial charge on any atom is 0.251 e. The Bertz CT molecular complexity index is 924. The van der Waals surface area contributed by atoms with Crippen molar-refractivity contribution in [3.05, 3.63) is 89.7 Å². The van der Waals surface area contributed by atoms with Crippen molar-refractivity contribution in [3.8, 4) is 11.5 Å². The van der Waals surface area contributed by atoms with Gasteiger partial charge in [0.1, 0.15) is 17.3 Å². The molecule has 0 aliphatic carbocycles. The van der Waals surface area contributed by atoms with Crippen molar-refractivity contribution in [2.75, 3.05) is 19.0 Å². The SMILES string of the molecule is CN(C)c1cccc(C(=O)NCc2cccc(Oc3ccc(F)cc3)c2)c1. The van der Waals surface area contributed by atoms with Crippen molar-refractivity contribution in [2.45, 2.75) is 6.54 Å². The Hall–Kier alpha value is -3.34. The first-order valence-corrected chi connectivity index (χ1v) is 8.59. The third-order valence-corrected chi connectivity index (χ3v) is 4.03. The van der Waals surface area contributed by atoms with Gasteiger partial charge < -0.3 is 15.0 Å². The van der Waals surface area contributed by atoms with Crippen LogP contribution in [0.15, 0.2) is 72.8 Å². The number of amides is 1. The van der Waals surface area contributed by atoms with Crippen molar-refractivity contribution in [3.63, 3.8) is 0 Å². The Balaban J connectivity index is 1.63. The standard InChI is InChI=1S/C22H21FN2O2/c1-25(2)19-7-4-6-17(14-19)22(26)24-15-16-5-3-8-21(13-16)27-20-11-9-18(23)10-12-20/h3-14H,15H2,1-2H3,(H,24,26). The lowest BCUT2D eigenvalue weighted by atomic mass is 10.1. The highest BCUT2D eigenvalue weighted by Crippen LogP contribution is 2.22. The molecule has 0 saturated heterocycles. The number of anilines is 1. The molecule has 0 aromatic heterocycles. The molecule has 0 atom stereocenters. The monoisotopic (exact) mass is 364 g/mol. The van der Waals surface area contributed by atoms with Gasteiger partial charge in [-0.15, -0.1) is 0 Å². The summed E-state index contributed by atoms with van der Waals surface area (Å²) in [7, 11) is 3.87. The van der Waals surface area contributed by atoms with E-state index < -0.39 is 0 Å². The van der Waals surface area contributed by atoms with Crippen LogP contribution < -0.4 is 15.0 Å². The number of rotatable bonds is 6. The number of halogens is 1. The summed E-state index contributed by atoms with van der Waals surface area (Å²) in [5.74, 6) is 0.738. The highest BCUT2D eigenvalue weighted by atomic mass is 19.1. The zero-order valence-electron chi connectivity index (χ0n) is 15.3. The molecule has 0 unspecified atom stereocenters. The van der Waals surface area contributed by atoms with E-state index in [1.54, 1.807) is 18.2 Å². The summed E-state index contributed by atoms with van der Waals surface area (Å²) in [5.41, 5.74) is 2.49. The highest BCUT2D eigenvalue weighted by molar-refractivity contribution is 5.95. The van der Waals surface area contributed by atoms with Crippen LogP contribution in [-0.4, -0.2) is 20.0 Å². The van der Waals surface area contributed by atoms with Gasteiger partial charge in [-0.25, -0.2) is 4.39 Å². The first-order valence-electron chi connectivity index (χ1n) is 8.59. The zero-order chi connectivity index (χ0) is 19.2. The summed E-state index contributed by atoms with van der Waals surface area (Å²) in [6, 6.07) is 20.7. The Morgan fingerprint density at radius 2 is 1.70 bits per heavy atom. The van der Waals surface area contributed by atoms with Crippen LogP contribution in [0.4, 0.5) is 10.1 Å². The smallest absolute Gasteiger partial charge is 0.251 e. The molecule has 1 N–H and O–H groups in total. The van der Waals surface area contributed by atoms with Crippen molar-refractivity contribution in [2.24, 2.45) is 0 Å². The van der Waals surface area contributed by atoms with Crippen molar-refractivity contribution >= 4 is 11.6 Å². The van der Waals surface area contributed by atoms with E-state index in [1.165, 1.54) is 12.1 Å². The van der Waals surface area contributed by atoms with Gasteiger partial charge in [0, 0.05) is 31.9 Å². The molecule has 0 radical (unpaired) electrons. The molecular weight excluding hydrogens is 343 g/mol. The number of carbonyl (C=O) groups excluding carboxylic acids is 1. The summed E-state index contributed by atoms with van der Waals surface area (Å²) in [5, 5.41) is 2.92. The van der Waals surface area contributed by atoms with Crippen molar-refractivity contribution in [1.29, 1.82) is 0 Å². The predicted molar refractivity (Wildman–Crippen MR) is 105 cm³/mol. The molecule has 0 aliphatic rings. The molecule has 0 spiro atoms. The number of ether oxygens (including phenoxy) is 1. The minimum Gasteiger partial charge on any atom is -0.457 e. The Morgan fingerprint density at radius 1 is 0.963 bits per heavy atom. The fourth-order valence-corrected chi connectivity index (χ4v) is 2.57. The van der Waals surface area contributed by atoms with E-state index in [0.29, 0.717) is 23.6 Å². The molecule has 3 aromatic carbocycles. The molecule has 0 bridgehead atoms. The second-order valence-electron chi connectivity index (χ2n) is 6.33. The summed E-state index contributed by atoms with van der Waals surface area (Å²) in [6.45, 7) is 0.381. The van der Waals surface area contributed by atoms with Crippen molar-refractivity contribution in [1.82, 2.24) is 5.32 Å². The summed E-state index contributed by atoms with van der Waals surface area (Å²) >= 11 is 0. The molecule has 138 valence electrons. The van der Waals surface area contributed by atoms with Crippen LogP contribution in [0, 0.1) is 5.82 Å². The Morgan fingerprint density at radius 3 is 2.44 bits per heavy atom. The van der Waals surface area contributed by atoms with E-state index in [2.05, 4.69) is 5.32 Å². The predicted octanol–water partition coefficient (Wildman–Crippen LogP) is 4.61. The minimum atomic E-state index is -0.308. The molecule has 0 aliphatic heterocycles. The van der Waals surface area contributed by atoms with E-state index in [4.69, 9.17) is 4.74 Å². The Kier molecular flexibility index (Phi) is 5.71. The van der Waals surface area contributed by atoms with E-state index in [9.17, 15) is 9.18 Å². The average molecular weight is 364 g/mol. The molecule has 27 heavy (non-hydrogen) atoms. The topological polar surface area (TPSA) is 41.6 Å². The van der Waals surface area contributed by atoms with Crippen LogP contribution in [0.1, 0.15) is 15.9 Å². The fraction of sp³-hybridized carbons (Fsp3) is 0.136. The molecule has 5 heteroatoms. The molecule has 1 amide bonds. The van der Waals surface area contributed by atoms with Crippen LogP contribution in [0.5, 0.6) is 11.5 Å². The van der Waals surface area contributed by atoms with Gasteiger partial charge in [0.25, 0.3) is 5.91 Å². The molecule has 0 fully saturated rings. The highest BCUT2D eigenvalue weighted by Gasteiger charge is 2.07. The van der Waals surface area contributed by atoms with E-state index in [0.717, 1.165) is 11.3 Å². The molecule has 3 rings (SSSR count). The van der Waals surface area contributed by atoms with E-state index in [1.807, 2.05) is 61.5 Å². The van der Waals surface area contributed by atoms with Crippen LogP contribution in [0.25, 0.3) is 0 Å². The number of hydrogen-bond acceptors (Lipinski definition) is 3. The van der Waals surface area contributed by atoms with Gasteiger partial charge in [0.15, 0.2) is 0 Å². The third-order valence-electron chi connectivity index (χ3n) is 4.03. The fourth-order valence-electron chi connectivity index (χ4n) is 2.57. The quantitative estimate of drug-likeness (QED) is 0.694. The first kappa shape index (κ1) is 18.5. The van der Waals surface area contributed by atoms with E-state index in [-0.39, 0.29) is 11.7 Å². The van der Waals surface area contributed by atoms with Gasteiger partial charge in [-0.3, -0.25) is 4.79 Å². The van der Waals surface area contributed by atoms with Crippen LogP contribution >= 0.6 is 0 Å². The second kappa shape index (κ2) is 8.36. The maximum atomic E-state index is 13.0. The lowest BCUT2D eigenvalue weighted by Gasteiger charge is -2.13. The van der Waals surface area contributed by atoms with Crippen LogP contribution in [-0.2, 0) is 6.54 Å². The average Bonchev–Trinajstić information content (AvgIpc) is 2.68. The van der Waals surface area contributed by atoms with Crippen LogP contribution in [0.3, 0.4) is 0 Å². The lowest BCUT2D eigenvalue weighted by Crippen LogP contribution is -2.23. The summed E-state index contributed by atoms with van der Waals surface area (Å²) in [4.78, 5) is 14.4. The van der Waals surface area contributed by atoms with Crippen molar-refractivity contribution < 1.29 is 13.9 Å². The lowest BCUT2D eigenvalue weighted by molar-refractivity contribution is 0.0951. The second-order valence-corrected chi connectivity index (χ2v) is 6.33. The Labute approximate surface area is 158 Å². The number of nitrogens with one attached hydrogen (secondary N) is 1. The van der Waals surface area contributed by atoms with Crippen LogP contribution in [0.2, 0.25) is 0 Å². The summed E-state index contributed by atoms with van der Waals surface area (Å²) < 4.78 is 18.7. The van der Waals surface area contributed by atoms with E-state index >= 15 is 0 Å². The largest absolute Gasteiger partial charge is 0.457 e. The molecular formula is C22H21FN2O2. The first-order chi connectivity index (χ1) is 13.0. The molecule has 3 aromatic rings. The number of nitrogens with zero attached hydrogens (tertiary/aromatic N) is 1. The molecule has 4 nitrogen and oxygen atoms in total. The van der Waals surface area contributed by atoms with Gasteiger partial charge in [-0.1, -0.05) is 18.2 Å². The number of hydrogen-bond donors (Lipinski definition) is 1. The van der Waals surface area contributed by atoms with Gasteiger partial charge in [-0.2, -0.15) is 0 Å².